The number of benzene rings is 1. The third kappa shape index (κ3) is 3.71. The van der Waals surface area contributed by atoms with Crippen molar-refractivity contribution in [2.75, 3.05) is 25.1 Å². The molecule has 1 saturated heterocycles. The van der Waals surface area contributed by atoms with Crippen molar-refractivity contribution in [1.82, 2.24) is 4.90 Å². The van der Waals surface area contributed by atoms with Gasteiger partial charge in [0.25, 0.3) is 0 Å². The molecule has 1 aromatic rings. The number of sulfone groups is 1. The van der Waals surface area contributed by atoms with Crippen molar-refractivity contribution in [3.63, 3.8) is 0 Å². The Morgan fingerprint density at radius 2 is 1.94 bits per heavy atom. The fourth-order valence-corrected chi connectivity index (χ4v) is 3.23. The van der Waals surface area contributed by atoms with Gasteiger partial charge in [0.05, 0.1) is 5.75 Å². The molecule has 5 heteroatoms. The lowest BCUT2D eigenvalue weighted by Crippen LogP contribution is -2.58. The molecule has 1 aliphatic rings. The minimum absolute atomic E-state index is 0.0654. The van der Waals surface area contributed by atoms with Crippen molar-refractivity contribution in [1.29, 1.82) is 0 Å². The zero-order chi connectivity index (χ0) is 13.2. The number of rotatable bonds is 5. The maximum atomic E-state index is 11.2. The van der Waals surface area contributed by atoms with Gasteiger partial charge in [-0.1, -0.05) is 18.2 Å². The molecule has 0 unspecified atom stereocenters. The number of nitrogens with zero attached hydrogens (tertiary/aromatic N) is 1. The van der Waals surface area contributed by atoms with Crippen LogP contribution in [-0.2, 0) is 9.84 Å². The molecule has 0 N–H and O–H groups in total. The van der Waals surface area contributed by atoms with E-state index in [9.17, 15) is 8.42 Å². The van der Waals surface area contributed by atoms with E-state index in [4.69, 9.17) is 4.74 Å². The number of para-hydroxylation sites is 1. The first-order chi connectivity index (χ1) is 8.44. The molecule has 0 amide bonds. The standard InChI is InChI=1S/C13H19NO3S/c1-11(10-18(2,15)16)14-8-13(9-14)17-12-6-4-3-5-7-12/h3-7,11,13H,8-10H2,1-2H3/t11-/m0/s1. The molecule has 0 bridgehead atoms. The summed E-state index contributed by atoms with van der Waals surface area (Å²) < 4.78 is 28.2. The van der Waals surface area contributed by atoms with Gasteiger partial charge in [0.2, 0.25) is 0 Å². The lowest BCUT2D eigenvalue weighted by Gasteiger charge is -2.42. The van der Waals surface area contributed by atoms with E-state index in [1.807, 2.05) is 37.3 Å². The molecule has 1 aliphatic heterocycles. The maximum absolute atomic E-state index is 11.2. The molecule has 2 rings (SSSR count). The van der Waals surface area contributed by atoms with Crippen LogP contribution in [0.15, 0.2) is 30.3 Å². The fourth-order valence-electron chi connectivity index (χ4n) is 2.14. The molecule has 1 atom stereocenters. The van der Waals surface area contributed by atoms with Gasteiger partial charge in [0, 0.05) is 25.4 Å². The van der Waals surface area contributed by atoms with Gasteiger partial charge >= 0.3 is 0 Å². The molecule has 0 saturated carbocycles. The molecule has 0 radical (unpaired) electrons. The average Bonchev–Trinajstić information content (AvgIpc) is 2.21. The van der Waals surface area contributed by atoms with Crippen molar-refractivity contribution in [2.24, 2.45) is 0 Å². The number of likely N-dealkylation sites (tertiary alicyclic amines) is 1. The van der Waals surface area contributed by atoms with Crippen molar-refractivity contribution in [3.8, 4) is 5.75 Å². The molecule has 18 heavy (non-hydrogen) atoms. The fraction of sp³-hybridized carbons (Fsp3) is 0.538. The van der Waals surface area contributed by atoms with Gasteiger partial charge in [-0.25, -0.2) is 8.42 Å². The smallest absolute Gasteiger partial charge is 0.148 e. The second kappa shape index (κ2) is 5.28. The molecule has 100 valence electrons. The molecule has 0 aliphatic carbocycles. The monoisotopic (exact) mass is 269 g/mol. The van der Waals surface area contributed by atoms with Gasteiger partial charge in [-0.15, -0.1) is 0 Å². The van der Waals surface area contributed by atoms with Crippen LogP contribution in [0.5, 0.6) is 5.75 Å². The molecule has 1 heterocycles. The van der Waals surface area contributed by atoms with Crippen LogP contribution in [0.2, 0.25) is 0 Å². The third-order valence-electron chi connectivity index (χ3n) is 3.09. The van der Waals surface area contributed by atoms with Crippen molar-refractivity contribution < 1.29 is 13.2 Å². The van der Waals surface area contributed by atoms with E-state index in [1.165, 1.54) is 6.26 Å². The molecule has 1 aromatic carbocycles. The normalized spacial score (nSPS) is 19.2. The number of hydrogen-bond acceptors (Lipinski definition) is 4. The summed E-state index contributed by atoms with van der Waals surface area (Å²) in [5.41, 5.74) is 0. The van der Waals surface area contributed by atoms with Gasteiger partial charge in [-0.2, -0.15) is 0 Å². The van der Waals surface area contributed by atoms with Crippen LogP contribution in [0.3, 0.4) is 0 Å². The maximum Gasteiger partial charge on any atom is 0.148 e. The second-order valence-electron chi connectivity index (χ2n) is 4.95. The highest BCUT2D eigenvalue weighted by Gasteiger charge is 2.32. The Labute approximate surface area is 108 Å². The molecule has 0 aromatic heterocycles. The third-order valence-corrected chi connectivity index (χ3v) is 4.18. The zero-order valence-electron chi connectivity index (χ0n) is 10.7. The summed E-state index contributed by atoms with van der Waals surface area (Å²) in [4.78, 5) is 2.13. The van der Waals surface area contributed by atoms with Crippen LogP contribution in [-0.4, -0.2) is 50.6 Å². The molecular formula is C13H19NO3S. The van der Waals surface area contributed by atoms with Gasteiger partial charge in [-0.3, -0.25) is 4.90 Å². The van der Waals surface area contributed by atoms with Gasteiger partial charge < -0.3 is 4.74 Å². The minimum Gasteiger partial charge on any atom is -0.488 e. The highest BCUT2D eigenvalue weighted by molar-refractivity contribution is 7.90. The van der Waals surface area contributed by atoms with Crippen LogP contribution >= 0.6 is 0 Å². The number of hydrogen-bond donors (Lipinski definition) is 0. The lowest BCUT2D eigenvalue weighted by molar-refractivity contribution is 0.000956. The zero-order valence-corrected chi connectivity index (χ0v) is 11.6. The molecular weight excluding hydrogens is 250 g/mol. The van der Waals surface area contributed by atoms with E-state index in [0.717, 1.165) is 18.8 Å². The van der Waals surface area contributed by atoms with E-state index >= 15 is 0 Å². The average molecular weight is 269 g/mol. The van der Waals surface area contributed by atoms with Gasteiger partial charge in [-0.05, 0) is 19.1 Å². The molecule has 1 fully saturated rings. The van der Waals surface area contributed by atoms with Crippen molar-refractivity contribution in [3.05, 3.63) is 30.3 Å². The summed E-state index contributed by atoms with van der Waals surface area (Å²) in [6, 6.07) is 9.77. The summed E-state index contributed by atoms with van der Waals surface area (Å²) in [7, 11) is -2.90. The number of ether oxygens (including phenoxy) is 1. The quantitative estimate of drug-likeness (QED) is 0.805. The topological polar surface area (TPSA) is 46.6 Å². The predicted octanol–water partition coefficient (Wildman–Crippen LogP) is 1.18. The van der Waals surface area contributed by atoms with Gasteiger partial charge in [0.1, 0.15) is 21.7 Å². The Morgan fingerprint density at radius 1 is 1.33 bits per heavy atom. The van der Waals surface area contributed by atoms with Crippen LogP contribution in [0.25, 0.3) is 0 Å². The van der Waals surface area contributed by atoms with Crippen molar-refractivity contribution >= 4 is 9.84 Å². The van der Waals surface area contributed by atoms with E-state index in [-0.39, 0.29) is 17.9 Å². The largest absolute Gasteiger partial charge is 0.488 e. The summed E-state index contributed by atoms with van der Waals surface area (Å²) in [6.45, 7) is 3.54. The van der Waals surface area contributed by atoms with Crippen LogP contribution in [0.1, 0.15) is 6.92 Å². The summed E-state index contributed by atoms with van der Waals surface area (Å²) in [6.07, 6.45) is 1.45. The Kier molecular flexibility index (Phi) is 3.92. The SMILES string of the molecule is C[C@@H](CS(C)(=O)=O)N1CC(Oc2ccccc2)C1. The summed E-state index contributed by atoms with van der Waals surface area (Å²) in [5.74, 6) is 1.09. The van der Waals surface area contributed by atoms with Crippen molar-refractivity contribution in [2.45, 2.75) is 19.1 Å². The summed E-state index contributed by atoms with van der Waals surface area (Å²) >= 11 is 0. The van der Waals surface area contributed by atoms with Crippen LogP contribution < -0.4 is 4.74 Å². The van der Waals surface area contributed by atoms with E-state index in [0.29, 0.717) is 0 Å². The van der Waals surface area contributed by atoms with E-state index < -0.39 is 9.84 Å². The Morgan fingerprint density at radius 3 is 2.50 bits per heavy atom. The molecule has 4 nitrogen and oxygen atoms in total. The minimum atomic E-state index is -2.90. The Balaban J connectivity index is 1.77. The highest BCUT2D eigenvalue weighted by Crippen LogP contribution is 2.19. The first-order valence-electron chi connectivity index (χ1n) is 6.07. The van der Waals surface area contributed by atoms with E-state index in [1.54, 1.807) is 0 Å². The predicted molar refractivity (Wildman–Crippen MR) is 71.6 cm³/mol. The molecule has 0 spiro atoms. The first kappa shape index (κ1) is 13.4. The Hall–Kier alpha value is -1.07. The Bertz CT molecular complexity index is 480. The highest BCUT2D eigenvalue weighted by atomic mass is 32.2. The van der Waals surface area contributed by atoms with Crippen LogP contribution in [0.4, 0.5) is 0 Å². The van der Waals surface area contributed by atoms with E-state index in [2.05, 4.69) is 4.90 Å². The first-order valence-corrected chi connectivity index (χ1v) is 8.13. The van der Waals surface area contributed by atoms with Gasteiger partial charge in [0.15, 0.2) is 0 Å². The summed E-state index contributed by atoms with van der Waals surface area (Å²) in [5, 5.41) is 0. The second-order valence-corrected chi connectivity index (χ2v) is 7.13. The lowest BCUT2D eigenvalue weighted by atomic mass is 10.1. The van der Waals surface area contributed by atoms with Crippen LogP contribution in [0, 0.1) is 0 Å².